The van der Waals surface area contributed by atoms with E-state index in [0.717, 1.165) is 6.42 Å². The van der Waals surface area contributed by atoms with Crippen LogP contribution in [0.3, 0.4) is 0 Å². The van der Waals surface area contributed by atoms with Crippen molar-refractivity contribution in [2.45, 2.75) is 40.0 Å². The van der Waals surface area contributed by atoms with Crippen LogP contribution < -0.4 is 0 Å². The van der Waals surface area contributed by atoms with Gasteiger partial charge in [-0.1, -0.05) is 25.2 Å². The van der Waals surface area contributed by atoms with Gasteiger partial charge in [0.15, 0.2) is 5.41 Å². The number of allylic oxidation sites excluding steroid dienone is 3. The predicted molar refractivity (Wildman–Crippen MR) is 74.6 cm³/mol. The van der Waals surface area contributed by atoms with Gasteiger partial charge < -0.3 is 9.47 Å². The van der Waals surface area contributed by atoms with Crippen LogP contribution in [0.1, 0.15) is 40.0 Å². The van der Waals surface area contributed by atoms with Crippen LogP contribution in [0, 0.1) is 5.41 Å². The lowest BCUT2D eigenvalue weighted by Crippen LogP contribution is -2.41. The molecule has 0 rings (SSSR count). The SMILES string of the molecule is C=CCC(C/C=C/CC)(C(=O)OCC)C(=O)OCC. The quantitative estimate of drug-likeness (QED) is 0.366. The van der Waals surface area contributed by atoms with Crippen LogP contribution in [0.25, 0.3) is 0 Å². The Balaban J connectivity index is 5.31. The van der Waals surface area contributed by atoms with Gasteiger partial charge in [-0.05, 0) is 33.1 Å². The van der Waals surface area contributed by atoms with Crippen molar-refractivity contribution in [3.8, 4) is 0 Å². The van der Waals surface area contributed by atoms with E-state index in [2.05, 4.69) is 6.58 Å². The van der Waals surface area contributed by atoms with E-state index in [9.17, 15) is 9.59 Å². The van der Waals surface area contributed by atoms with Crippen LogP contribution in [0.2, 0.25) is 0 Å². The monoisotopic (exact) mass is 268 g/mol. The molecule has 0 aliphatic carbocycles. The lowest BCUT2D eigenvalue weighted by atomic mass is 9.80. The number of carbonyl (C=O) groups excluding carboxylic acids is 2. The molecule has 0 bridgehead atoms. The minimum absolute atomic E-state index is 0.207. The van der Waals surface area contributed by atoms with E-state index in [4.69, 9.17) is 9.47 Å². The maximum Gasteiger partial charge on any atom is 0.324 e. The first kappa shape index (κ1) is 17.4. The normalized spacial score (nSPS) is 11.3. The molecule has 19 heavy (non-hydrogen) atoms. The number of hydrogen-bond donors (Lipinski definition) is 0. The van der Waals surface area contributed by atoms with Crippen LogP contribution in [-0.2, 0) is 19.1 Å². The molecule has 0 fully saturated rings. The van der Waals surface area contributed by atoms with Gasteiger partial charge in [0.1, 0.15) is 0 Å². The van der Waals surface area contributed by atoms with Crippen molar-refractivity contribution in [1.82, 2.24) is 0 Å². The highest BCUT2D eigenvalue weighted by atomic mass is 16.6. The average molecular weight is 268 g/mol. The molecule has 0 atom stereocenters. The van der Waals surface area contributed by atoms with Crippen molar-refractivity contribution < 1.29 is 19.1 Å². The first-order chi connectivity index (χ1) is 9.08. The maximum absolute atomic E-state index is 12.2. The van der Waals surface area contributed by atoms with E-state index in [-0.39, 0.29) is 26.1 Å². The number of hydrogen-bond acceptors (Lipinski definition) is 4. The second-order valence-corrected chi connectivity index (χ2v) is 4.10. The fraction of sp³-hybridized carbons (Fsp3) is 0.600. The molecule has 0 aromatic rings. The molecule has 0 spiro atoms. The Morgan fingerprint density at radius 2 is 1.53 bits per heavy atom. The van der Waals surface area contributed by atoms with Crippen LogP contribution in [0.4, 0.5) is 0 Å². The van der Waals surface area contributed by atoms with Crippen molar-refractivity contribution in [1.29, 1.82) is 0 Å². The van der Waals surface area contributed by atoms with Gasteiger partial charge in [-0.15, -0.1) is 6.58 Å². The molecule has 0 aromatic heterocycles. The molecule has 0 heterocycles. The lowest BCUT2D eigenvalue weighted by molar-refractivity contribution is -0.171. The Bertz CT molecular complexity index is 313. The Morgan fingerprint density at radius 1 is 1.00 bits per heavy atom. The van der Waals surface area contributed by atoms with Gasteiger partial charge in [0.2, 0.25) is 0 Å². The third-order valence-corrected chi connectivity index (χ3v) is 2.69. The Hall–Kier alpha value is -1.58. The van der Waals surface area contributed by atoms with Gasteiger partial charge >= 0.3 is 11.9 Å². The van der Waals surface area contributed by atoms with Gasteiger partial charge in [-0.25, -0.2) is 0 Å². The summed E-state index contributed by atoms with van der Waals surface area (Å²) in [6.07, 6.45) is 6.60. The molecule has 0 saturated carbocycles. The molecular weight excluding hydrogens is 244 g/mol. The van der Waals surface area contributed by atoms with Crippen LogP contribution in [-0.4, -0.2) is 25.2 Å². The van der Waals surface area contributed by atoms with E-state index in [1.54, 1.807) is 19.9 Å². The van der Waals surface area contributed by atoms with Crippen molar-refractivity contribution in [2.75, 3.05) is 13.2 Å². The molecule has 4 heteroatoms. The van der Waals surface area contributed by atoms with E-state index in [1.807, 2.05) is 19.1 Å². The molecule has 4 nitrogen and oxygen atoms in total. The Labute approximate surface area is 115 Å². The molecule has 0 aromatic carbocycles. The number of rotatable bonds is 9. The smallest absolute Gasteiger partial charge is 0.324 e. The summed E-state index contributed by atoms with van der Waals surface area (Å²) >= 11 is 0. The molecule has 0 radical (unpaired) electrons. The first-order valence-electron chi connectivity index (χ1n) is 6.69. The van der Waals surface area contributed by atoms with Gasteiger partial charge in [-0.3, -0.25) is 9.59 Å². The van der Waals surface area contributed by atoms with Crippen molar-refractivity contribution in [3.63, 3.8) is 0 Å². The molecule has 0 unspecified atom stereocenters. The number of esters is 2. The van der Waals surface area contributed by atoms with Gasteiger partial charge in [-0.2, -0.15) is 0 Å². The van der Waals surface area contributed by atoms with E-state index in [0.29, 0.717) is 0 Å². The highest BCUT2D eigenvalue weighted by molar-refractivity contribution is 6.00. The first-order valence-corrected chi connectivity index (χ1v) is 6.69. The van der Waals surface area contributed by atoms with Crippen LogP contribution >= 0.6 is 0 Å². The van der Waals surface area contributed by atoms with Crippen molar-refractivity contribution in [2.24, 2.45) is 5.41 Å². The number of carbonyl (C=O) groups is 2. The summed E-state index contributed by atoms with van der Waals surface area (Å²) in [5, 5.41) is 0. The second kappa shape index (κ2) is 9.36. The highest BCUT2D eigenvalue weighted by Crippen LogP contribution is 2.31. The Kier molecular flexibility index (Phi) is 8.58. The highest BCUT2D eigenvalue weighted by Gasteiger charge is 2.46. The fourth-order valence-corrected chi connectivity index (χ4v) is 1.74. The van der Waals surface area contributed by atoms with E-state index >= 15 is 0 Å². The summed E-state index contributed by atoms with van der Waals surface area (Å²) in [5.41, 5.74) is -1.31. The average Bonchev–Trinajstić information content (AvgIpc) is 2.38. The van der Waals surface area contributed by atoms with E-state index in [1.165, 1.54) is 0 Å². The minimum atomic E-state index is -1.31. The molecule has 0 aliphatic rings. The molecule has 108 valence electrons. The maximum atomic E-state index is 12.2. The fourth-order valence-electron chi connectivity index (χ4n) is 1.74. The van der Waals surface area contributed by atoms with Gasteiger partial charge in [0.05, 0.1) is 13.2 Å². The van der Waals surface area contributed by atoms with Crippen molar-refractivity contribution in [3.05, 3.63) is 24.8 Å². The molecule has 0 saturated heterocycles. The predicted octanol–water partition coefficient (Wildman–Crippen LogP) is 3.03. The summed E-state index contributed by atoms with van der Waals surface area (Å²) in [6.45, 7) is 9.49. The summed E-state index contributed by atoms with van der Waals surface area (Å²) < 4.78 is 10.1. The minimum Gasteiger partial charge on any atom is -0.465 e. The van der Waals surface area contributed by atoms with Gasteiger partial charge in [0.25, 0.3) is 0 Å². The molecule has 0 amide bonds. The third kappa shape index (κ3) is 4.89. The Morgan fingerprint density at radius 3 is 1.89 bits per heavy atom. The molecular formula is C15H24O4. The lowest BCUT2D eigenvalue weighted by Gasteiger charge is -2.26. The summed E-state index contributed by atoms with van der Waals surface area (Å²) in [7, 11) is 0. The standard InChI is InChI=1S/C15H24O4/c1-5-9-10-12-15(11-6-2,13(16)18-7-3)14(17)19-8-4/h6,9-10H,2,5,7-8,11-12H2,1,3-4H3/b10-9+. The molecule has 0 aliphatic heterocycles. The zero-order valence-corrected chi connectivity index (χ0v) is 12.1. The van der Waals surface area contributed by atoms with Gasteiger partial charge in [0, 0.05) is 0 Å². The van der Waals surface area contributed by atoms with E-state index < -0.39 is 17.4 Å². The third-order valence-electron chi connectivity index (χ3n) is 2.69. The summed E-state index contributed by atoms with van der Waals surface area (Å²) in [6, 6.07) is 0. The zero-order valence-electron chi connectivity index (χ0n) is 12.1. The molecule has 0 N–H and O–H groups in total. The topological polar surface area (TPSA) is 52.6 Å². The zero-order chi connectivity index (χ0) is 14.7. The van der Waals surface area contributed by atoms with Crippen LogP contribution in [0.15, 0.2) is 24.8 Å². The second-order valence-electron chi connectivity index (χ2n) is 4.10. The number of ether oxygens (including phenoxy) is 2. The van der Waals surface area contributed by atoms with Crippen molar-refractivity contribution >= 4 is 11.9 Å². The summed E-state index contributed by atoms with van der Waals surface area (Å²) in [4.78, 5) is 24.3. The largest absolute Gasteiger partial charge is 0.465 e. The van der Waals surface area contributed by atoms with Crippen LogP contribution in [0.5, 0.6) is 0 Å². The summed E-state index contributed by atoms with van der Waals surface area (Å²) in [5.74, 6) is -1.09.